The number of carboxylic acids is 1. The smallest absolute Gasteiger partial charge is 0.326 e. The number of fused-ring (bicyclic) bond motifs is 1. The number of H-pyrrole nitrogens is 1. The molecule has 0 radical (unpaired) electrons. The summed E-state index contributed by atoms with van der Waals surface area (Å²) in [5, 5.41) is 18.8. The van der Waals surface area contributed by atoms with E-state index < -0.39 is 47.9 Å². The fourth-order valence-corrected chi connectivity index (χ4v) is 4.87. The zero-order valence-corrected chi connectivity index (χ0v) is 24.4. The van der Waals surface area contributed by atoms with Crippen molar-refractivity contribution < 1.29 is 24.3 Å². The number of thioether (sulfide) groups is 1. The quantitative estimate of drug-likeness (QED) is 0.160. The lowest BCUT2D eigenvalue weighted by Crippen LogP contribution is -2.58. The Balaban J connectivity index is 1.81. The van der Waals surface area contributed by atoms with E-state index in [0.29, 0.717) is 5.75 Å². The van der Waals surface area contributed by atoms with Crippen LogP contribution in [0.15, 0.2) is 60.8 Å². The van der Waals surface area contributed by atoms with Crippen LogP contribution in [0.5, 0.6) is 0 Å². The highest BCUT2D eigenvalue weighted by molar-refractivity contribution is 7.98. The normalized spacial score (nSPS) is 14.2. The number of hydrogen-bond donors (Lipinski definition) is 6. The second kappa shape index (κ2) is 15.2. The third-order valence-corrected chi connectivity index (χ3v) is 7.54. The molecule has 3 rings (SSSR count). The summed E-state index contributed by atoms with van der Waals surface area (Å²) >= 11 is 1.50. The fourth-order valence-electron chi connectivity index (χ4n) is 4.40. The van der Waals surface area contributed by atoms with Crippen molar-refractivity contribution in [2.75, 3.05) is 12.0 Å². The SMILES string of the molecule is CSCCC(NC(=O)C(Cc1c[nH]c2ccccc12)NC(=O)C(N)C(C)C)C(=O)NC(Cc1ccccc1)C(=O)O. The fraction of sp³-hybridized carbons (Fsp3) is 0.400. The second-order valence-electron chi connectivity index (χ2n) is 10.3. The third-order valence-electron chi connectivity index (χ3n) is 6.89. The molecule has 0 aliphatic carbocycles. The van der Waals surface area contributed by atoms with Gasteiger partial charge in [0.1, 0.15) is 18.1 Å². The molecule has 0 saturated carbocycles. The molecule has 7 N–H and O–H groups in total. The number of carbonyl (C=O) groups is 4. The standard InChI is InChI=1S/C30H39N5O5S/c1-18(2)26(31)29(38)34-24(16-20-17-32-22-12-8-7-11-21(20)22)28(37)33-23(13-14-41-3)27(36)35-25(30(39)40)15-19-9-5-4-6-10-19/h4-12,17-18,23-26,32H,13-16,31H2,1-3H3,(H,33,37)(H,34,38)(H,35,36)(H,39,40). The number of carbonyl (C=O) groups excluding carboxylic acids is 3. The molecule has 0 fully saturated rings. The van der Waals surface area contributed by atoms with Gasteiger partial charge in [-0.2, -0.15) is 11.8 Å². The van der Waals surface area contributed by atoms with Crippen molar-refractivity contribution >= 4 is 46.4 Å². The number of hydrogen-bond acceptors (Lipinski definition) is 6. The maximum Gasteiger partial charge on any atom is 0.326 e. The van der Waals surface area contributed by atoms with Crippen molar-refractivity contribution in [3.8, 4) is 0 Å². The third kappa shape index (κ3) is 9.09. The van der Waals surface area contributed by atoms with E-state index >= 15 is 0 Å². The van der Waals surface area contributed by atoms with E-state index in [1.54, 1.807) is 30.5 Å². The Morgan fingerprint density at radius 2 is 1.46 bits per heavy atom. The zero-order chi connectivity index (χ0) is 29.9. The number of aliphatic carboxylic acids is 1. The second-order valence-corrected chi connectivity index (χ2v) is 11.3. The van der Waals surface area contributed by atoms with Crippen molar-refractivity contribution in [2.45, 2.75) is 57.3 Å². The molecule has 11 heteroatoms. The van der Waals surface area contributed by atoms with Crippen LogP contribution in [0.25, 0.3) is 10.9 Å². The van der Waals surface area contributed by atoms with E-state index in [1.807, 2.05) is 50.4 Å². The Bertz CT molecular complexity index is 1330. The Morgan fingerprint density at radius 3 is 2.12 bits per heavy atom. The van der Waals surface area contributed by atoms with Gasteiger partial charge in [-0.3, -0.25) is 14.4 Å². The van der Waals surface area contributed by atoms with Crippen LogP contribution in [0.4, 0.5) is 0 Å². The summed E-state index contributed by atoms with van der Waals surface area (Å²) in [4.78, 5) is 55.0. The Hall–Kier alpha value is -3.83. The summed E-state index contributed by atoms with van der Waals surface area (Å²) in [7, 11) is 0. The van der Waals surface area contributed by atoms with Gasteiger partial charge in [-0.1, -0.05) is 62.4 Å². The monoisotopic (exact) mass is 581 g/mol. The van der Waals surface area contributed by atoms with Gasteiger partial charge in [0.2, 0.25) is 17.7 Å². The van der Waals surface area contributed by atoms with Crippen LogP contribution >= 0.6 is 11.8 Å². The molecule has 0 aliphatic heterocycles. The summed E-state index contributed by atoms with van der Waals surface area (Å²) in [6.07, 6.45) is 4.19. The highest BCUT2D eigenvalue weighted by Gasteiger charge is 2.31. The largest absolute Gasteiger partial charge is 0.480 e. The van der Waals surface area contributed by atoms with Crippen molar-refractivity contribution in [2.24, 2.45) is 11.7 Å². The molecule has 2 aromatic carbocycles. The van der Waals surface area contributed by atoms with Crippen LogP contribution in [0.3, 0.4) is 0 Å². The molecule has 0 saturated heterocycles. The van der Waals surface area contributed by atoms with Crippen LogP contribution in [0.1, 0.15) is 31.4 Å². The van der Waals surface area contributed by atoms with Crippen LogP contribution < -0.4 is 21.7 Å². The first-order valence-electron chi connectivity index (χ1n) is 13.6. The van der Waals surface area contributed by atoms with Gasteiger partial charge in [-0.05, 0) is 41.5 Å². The van der Waals surface area contributed by atoms with Gasteiger partial charge in [0.25, 0.3) is 0 Å². The molecule has 220 valence electrons. The molecular weight excluding hydrogens is 542 g/mol. The molecule has 1 heterocycles. The van der Waals surface area contributed by atoms with Crippen molar-refractivity contribution in [3.05, 3.63) is 71.9 Å². The summed E-state index contributed by atoms with van der Waals surface area (Å²) in [6.45, 7) is 3.63. The number of aromatic nitrogens is 1. The topological polar surface area (TPSA) is 166 Å². The highest BCUT2D eigenvalue weighted by Crippen LogP contribution is 2.19. The van der Waals surface area contributed by atoms with E-state index in [4.69, 9.17) is 5.73 Å². The number of benzene rings is 2. The van der Waals surface area contributed by atoms with Gasteiger partial charge in [-0.15, -0.1) is 0 Å². The lowest BCUT2D eigenvalue weighted by molar-refractivity contribution is -0.142. The first-order valence-corrected chi connectivity index (χ1v) is 15.0. The molecule has 0 spiro atoms. The van der Waals surface area contributed by atoms with Gasteiger partial charge in [-0.25, -0.2) is 4.79 Å². The molecular formula is C30H39N5O5S. The van der Waals surface area contributed by atoms with E-state index in [9.17, 15) is 24.3 Å². The molecule has 3 aromatic rings. The Morgan fingerprint density at radius 1 is 0.854 bits per heavy atom. The molecule has 41 heavy (non-hydrogen) atoms. The summed E-state index contributed by atoms with van der Waals surface area (Å²) in [6, 6.07) is 12.6. The van der Waals surface area contributed by atoms with Crippen LogP contribution in [0, 0.1) is 5.92 Å². The van der Waals surface area contributed by atoms with Crippen LogP contribution in [0.2, 0.25) is 0 Å². The number of amides is 3. The van der Waals surface area contributed by atoms with Gasteiger partial charge >= 0.3 is 5.97 Å². The summed E-state index contributed by atoms with van der Waals surface area (Å²) < 4.78 is 0. The molecule has 3 amide bonds. The number of nitrogens with one attached hydrogen (secondary N) is 4. The maximum absolute atomic E-state index is 13.6. The zero-order valence-electron chi connectivity index (χ0n) is 23.6. The summed E-state index contributed by atoms with van der Waals surface area (Å²) in [5.74, 6) is -2.41. The van der Waals surface area contributed by atoms with Crippen molar-refractivity contribution in [1.29, 1.82) is 0 Å². The average molecular weight is 582 g/mol. The number of carboxylic acid groups (broad SMARTS) is 1. The first kappa shape index (κ1) is 31.7. The van der Waals surface area contributed by atoms with Gasteiger partial charge in [0, 0.05) is 29.9 Å². The van der Waals surface area contributed by atoms with E-state index in [0.717, 1.165) is 22.0 Å². The lowest BCUT2D eigenvalue weighted by Gasteiger charge is -2.26. The predicted molar refractivity (Wildman–Crippen MR) is 161 cm³/mol. The molecule has 10 nitrogen and oxygen atoms in total. The summed E-state index contributed by atoms with van der Waals surface area (Å²) in [5.41, 5.74) is 8.53. The number of para-hydroxylation sites is 1. The van der Waals surface area contributed by atoms with E-state index in [1.165, 1.54) is 11.8 Å². The average Bonchev–Trinajstić information content (AvgIpc) is 3.36. The molecule has 1 aromatic heterocycles. The number of aromatic amines is 1. The first-order chi connectivity index (χ1) is 19.6. The van der Waals surface area contributed by atoms with Gasteiger partial charge in [0.05, 0.1) is 6.04 Å². The minimum Gasteiger partial charge on any atom is -0.480 e. The molecule has 4 unspecified atom stereocenters. The minimum atomic E-state index is -1.18. The molecule has 0 bridgehead atoms. The Labute approximate surface area is 244 Å². The van der Waals surface area contributed by atoms with Gasteiger partial charge in [0.15, 0.2) is 0 Å². The lowest BCUT2D eigenvalue weighted by atomic mass is 10.0. The van der Waals surface area contributed by atoms with Crippen molar-refractivity contribution in [3.63, 3.8) is 0 Å². The minimum absolute atomic E-state index is 0.0947. The number of nitrogens with two attached hydrogens (primary N) is 1. The van der Waals surface area contributed by atoms with Crippen molar-refractivity contribution in [1.82, 2.24) is 20.9 Å². The molecule has 0 aliphatic rings. The Kier molecular flexibility index (Phi) is 11.8. The van der Waals surface area contributed by atoms with Crippen LogP contribution in [-0.4, -0.2) is 70.0 Å². The number of rotatable bonds is 15. The molecule has 4 atom stereocenters. The maximum atomic E-state index is 13.6. The predicted octanol–water partition coefficient (Wildman–Crippen LogP) is 2.23. The highest BCUT2D eigenvalue weighted by atomic mass is 32.2. The van der Waals surface area contributed by atoms with Crippen LogP contribution in [-0.2, 0) is 32.0 Å². The van der Waals surface area contributed by atoms with Gasteiger partial charge < -0.3 is 31.8 Å². The van der Waals surface area contributed by atoms with E-state index in [2.05, 4.69) is 20.9 Å². The van der Waals surface area contributed by atoms with E-state index in [-0.39, 0.29) is 25.2 Å².